The summed E-state index contributed by atoms with van der Waals surface area (Å²) in [4.78, 5) is 4.51. The van der Waals surface area contributed by atoms with Crippen LogP contribution < -0.4 is 14.8 Å². The average molecular weight is 398 g/mol. The first kappa shape index (κ1) is 19.7. The summed E-state index contributed by atoms with van der Waals surface area (Å²) < 4.78 is 33.0. The molecule has 146 valence electrons. The van der Waals surface area contributed by atoms with E-state index in [1.54, 1.807) is 37.4 Å². The number of pyridine rings is 1. The summed E-state index contributed by atoms with van der Waals surface area (Å²) in [6.07, 6.45) is 1.49. The van der Waals surface area contributed by atoms with Crippen LogP contribution in [0.1, 0.15) is 16.7 Å². The second-order valence-corrected chi connectivity index (χ2v) is 8.13. The van der Waals surface area contributed by atoms with E-state index in [4.69, 9.17) is 4.74 Å². The summed E-state index contributed by atoms with van der Waals surface area (Å²) in [6, 6.07) is 16.2. The number of sulfonamides is 1. The normalized spacial score (nSPS) is 11.1. The summed E-state index contributed by atoms with van der Waals surface area (Å²) >= 11 is 0. The van der Waals surface area contributed by atoms with Crippen molar-refractivity contribution in [3.05, 3.63) is 77.5 Å². The first-order valence-electron chi connectivity index (χ1n) is 8.81. The molecule has 3 aromatic rings. The van der Waals surface area contributed by atoms with Crippen LogP contribution in [0.15, 0.2) is 65.7 Å². The van der Waals surface area contributed by atoms with E-state index in [2.05, 4.69) is 15.0 Å². The van der Waals surface area contributed by atoms with Crippen molar-refractivity contribution < 1.29 is 13.2 Å². The summed E-state index contributed by atoms with van der Waals surface area (Å²) in [6.45, 7) is 4.38. The average Bonchev–Trinajstić information content (AvgIpc) is 2.69. The van der Waals surface area contributed by atoms with Crippen LogP contribution in [0.25, 0.3) is 0 Å². The third-order valence-corrected chi connectivity index (χ3v) is 5.84. The summed E-state index contributed by atoms with van der Waals surface area (Å²) in [5, 5.41) is 3.20. The zero-order chi connectivity index (χ0) is 20.1. The van der Waals surface area contributed by atoms with Gasteiger partial charge in [-0.2, -0.15) is 0 Å². The number of nitrogens with one attached hydrogen (secondary N) is 2. The Morgan fingerprint density at radius 3 is 2.46 bits per heavy atom. The molecule has 0 bridgehead atoms. The molecule has 2 N–H and O–H groups in total. The number of anilines is 2. The fourth-order valence-corrected chi connectivity index (χ4v) is 3.82. The SMILES string of the molecule is COc1ccccc1CNc1ccc(NS(=O)(=O)c2ccc(C)c(C)c2)cn1. The highest BCUT2D eigenvalue weighted by Gasteiger charge is 2.15. The molecule has 0 saturated carbocycles. The van der Waals surface area contributed by atoms with Crippen molar-refractivity contribution in [3.63, 3.8) is 0 Å². The van der Waals surface area contributed by atoms with Crippen molar-refractivity contribution in [2.24, 2.45) is 0 Å². The molecule has 0 atom stereocenters. The van der Waals surface area contributed by atoms with E-state index in [0.29, 0.717) is 18.1 Å². The molecular formula is C21H23N3O3S. The first-order chi connectivity index (χ1) is 13.4. The standard InChI is InChI=1S/C21H23N3O3S/c1-15-8-10-19(12-16(15)2)28(25,26)24-18-9-11-21(23-14-18)22-13-17-6-4-5-7-20(17)27-3/h4-12,14,24H,13H2,1-3H3,(H,22,23). The number of benzene rings is 2. The van der Waals surface area contributed by atoms with E-state index in [9.17, 15) is 8.42 Å². The Balaban J connectivity index is 1.67. The van der Waals surface area contributed by atoms with Crippen LogP contribution in [0.4, 0.5) is 11.5 Å². The van der Waals surface area contributed by atoms with Gasteiger partial charge in [0, 0.05) is 12.1 Å². The quantitative estimate of drug-likeness (QED) is 0.627. The molecule has 3 rings (SSSR count). The van der Waals surface area contributed by atoms with E-state index >= 15 is 0 Å². The molecule has 0 amide bonds. The van der Waals surface area contributed by atoms with Gasteiger partial charge in [-0.05, 0) is 55.3 Å². The monoisotopic (exact) mass is 397 g/mol. The summed E-state index contributed by atoms with van der Waals surface area (Å²) in [7, 11) is -2.02. The Bertz CT molecular complexity index is 1060. The van der Waals surface area contributed by atoms with Crippen LogP contribution in [0.5, 0.6) is 5.75 Å². The number of rotatable bonds is 7. The molecule has 0 radical (unpaired) electrons. The van der Waals surface area contributed by atoms with Gasteiger partial charge in [0.05, 0.1) is 23.9 Å². The Kier molecular flexibility index (Phi) is 5.84. The minimum Gasteiger partial charge on any atom is -0.496 e. The van der Waals surface area contributed by atoms with Crippen LogP contribution in [-0.2, 0) is 16.6 Å². The van der Waals surface area contributed by atoms with Crippen LogP contribution in [0, 0.1) is 13.8 Å². The molecule has 7 heteroatoms. The summed E-state index contributed by atoms with van der Waals surface area (Å²) in [5.41, 5.74) is 3.38. The van der Waals surface area contributed by atoms with Gasteiger partial charge in [0.1, 0.15) is 11.6 Å². The molecule has 0 aliphatic rings. The molecule has 1 heterocycles. The fraction of sp³-hybridized carbons (Fsp3) is 0.190. The zero-order valence-electron chi connectivity index (χ0n) is 16.1. The molecule has 0 spiro atoms. The topological polar surface area (TPSA) is 80.3 Å². The van der Waals surface area contributed by atoms with E-state index in [-0.39, 0.29) is 4.90 Å². The van der Waals surface area contributed by atoms with Gasteiger partial charge in [0.2, 0.25) is 0 Å². The number of hydrogen-bond acceptors (Lipinski definition) is 5. The molecule has 0 aliphatic carbocycles. The number of nitrogens with zero attached hydrogens (tertiary/aromatic N) is 1. The first-order valence-corrected chi connectivity index (χ1v) is 10.3. The Morgan fingerprint density at radius 1 is 1.00 bits per heavy atom. The fourth-order valence-electron chi connectivity index (χ4n) is 2.69. The molecular weight excluding hydrogens is 374 g/mol. The molecule has 1 aromatic heterocycles. The molecule has 0 unspecified atom stereocenters. The number of ether oxygens (including phenoxy) is 1. The maximum absolute atomic E-state index is 12.6. The van der Waals surface area contributed by atoms with Crippen molar-refractivity contribution in [3.8, 4) is 5.75 Å². The smallest absolute Gasteiger partial charge is 0.261 e. The largest absolute Gasteiger partial charge is 0.496 e. The summed E-state index contributed by atoms with van der Waals surface area (Å²) in [5.74, 6) is 1.44. The predicted molar refractivity (Wildman–Crippen MR) is 111 cm³/mol. The van der Waals surface area contributed by atoms with Gasteiger partial charge in [0.25, 0.3) is 10.0 Å². The maximum Gasteiger partial charge on any atom is 0.261 e. The lowest BCUT2D eigenvalue weighted by Gasteiger charge is -2.11. The van der Waals surface area contributed by atoms with Crippen molar-refractivity contribution in [2.75, 3.05) is 17.1 Å². The molecule has 28 heavy (non-hydrogen) atoms. The van der Waals surface area contributed by atoms with Gasteiger partial charge in [-0.15, -0.1) is 0 Å². The zero-order valence-corrected chi connectivity index (χ0v) is 16.9. The van der Waals surface area contributed by atoms with E-state index in [0.717, 1.165) is 22.4 Å². The van der Waals surface area contributed by atoms with Gasteiger partial charge in [-0.3, -0.25) is 4.72 Å². The lowest BCUT2D eigenvalue weighted by Crippen LogP contribution is -2.13. The molecule has 0 fully saturated rings. The van der Waals surface area contributed by atoms with Crippen LogP contribution in [-0.4, -0.2) is 20.5 Å². The van der Waals surface area contributed by atoms with Gasteiger partial charge in [-0.1, -0.05) is 24.3 Å². The highest BCUT2D eigenvalue weighted by atomic mass is 32.2. The third kappa shape index (κ3) is 4.61. The number of para-hydroxylation sites is 1. The van der Waals surface area contributed by atoms with Crippen molar-refractivity contribution in [1.29, 1.82) is 0 Å². The molecule has 0 saturated heterocycles. The van der Waals surface area contributed by atoms with Crippen LogP contribution >= 0.6 is 0 Å². The number of methoxy groups -OCH3 is 1. The lowest BCUT2D eigenvalue weighted by atomic mass is 10.1. The molecule has 0 aliphatic heterocycles. The lowest BCUT2D eigenvalue weighted by molar-refractivity contribution is 0.410. The Hall–Kier alpha value is -3.06. The van der Waals surface area contributed by atoms with E-state index in [1.807, 2.05) is 38.1 Å². The minimum atomic E-state index is -3.66. The third-order valence-electron chi connectivity index (χ3n) is 4.46. The van der Waals surface area contributed by atoms with Gasteiger partial charge >= 0.3 is 0 Å². The van der Waals surface area contributed by atoms with Crippen molar-refractivity contribution >= 4 is 21.5 Å². The second-order valence-electron chi connectivity index (χ2n) is 6.45. The predicted octanol–water partition coefficient (Wildman–Crippen LogP) is 4.12. The van der Waals surface area contributed by atoms with E-state index in [1.165, 1.54) is 6.20 Å². The molecule has 2 aromatic carbocycles. The van der Waals surface area contributed by atoms with Crippen LogP contribution in [0.2, 0.25) is 0 Å². The highest BCUT2D eigenvalue weighted by molar-refractivity contribution is 7.92. The molecule has 6 nitrogen and oxygen atoms in total. The van der Waals surface area contributed by atoms with Gasteiger partial charge in [0.15, 0.2) is 0 Å². The second kappa shape index (κ2) is 8.31. The number of aromatic nitrogens is 1. The van der Waals surface area contributed by atoms with E-state index < -0.39 is 10.0 Å². The maximum atomic E-state index is 12.6. The minimum absolute atomic E-state index is 0.231. The van der Waals surface area contributed by atoms with Crippen molar-refractivity contribution in [1.82, 2.24) is 4.98 Å². The van der Waals surface area contributed by atoms with Gasteiger partial charge in [-0.25, -0.2) is 13.4 Å². The number of aryl methyl sites for hydroxylation is 2. The van der Waals surface area contributed by atoms with Crippen molar-refractivity contribution in [2.45, 2.75) is 25.3 Å². The Labute approximate surface area is 165 Å². The Morgan fingerprint density at radius 2 is 1.79 bits per heavy atom. The highest BCUT2D eigenvalue weighted by Crippen LogP contribution is 2.21. The van der Waals surface area contributed by atoms with Crippen LogP contribution in [0.3, 0.4) is 0 Å². The van der Waals surface area contributed by atoms with Gasteiger partial charge < -0.3 is 10.1 Å². The number of hydrogen-bond donors (Lipinski definition) is 2.